The maximum absolute atomic E-state index is 10.6. The average Bonchev–Trinajstić information content (AvgIpc) is 3.33. The molecule has 0 aliphatic rings. The zero-order chi connectivity index (χ0) is 49.4. The minimum absolute atomic E-state index is 0.0314. The van der Waals surface area contributed by atoms with Crippen LogP contribution in [0.2, 0.25) is 10.1 Å². The fraction of sp³-hybridized carbons (Fsp3) is 0.321. The van der Waals surface area contributed by atoms with E-state index in [9.17, 15) is 5.11 Å². The van der Waals surface area contributed by atoms with Crippen LogP contribution in [-0.4, -0.2) is 61.2 Å². The van der Waals surface area contributed by atoms with Crippen molar-refractivity contribution in [1.29, 1.82) is 0 Å². The quantitative estimate of drug-likeness (QED) is 0.0704. The van der Waals surface area contributed by atoms with E-state index < -0.39 is 16.6 Å². The molecule has 0 atom stereocenters. The zero-order valence-electron chi connectivity index (χ0n) is 40.7. The van der Waals surface area contributed by atoms with E-state index >= 15 is 0 Å². The Morgan fingerprint density at radius 3 is 1.10 bits per heavy atom. The zero-order valence-corrected chi connectivity index (χ0v) is 42.7. The predicted molar refractivity (Wildman–Crippen MR) is 270 cm³/mol. The Balaban J connectivity index is 0.000000319. The summed E-state index contributed by atoms with van der Waals surface area (Å²) >= 11 is 0. The Kier molecular flexibility index (Phi) is 22.8. The lowest BCUT2D eigenvalue weighted by molar-refractivity contribution is -0.193. The van der Waals surface area contributed by atoms with E-state index in [-0.39, 0.29) is 29.2 Å². The molecule has 0 unspecified atom stereocenters. The molecule has 6 aromatic carbocycles. The van der Waals surface area contributed by atoms with Crippen molar-refractivity contribution in [2.75, 3.05) is 27.1 Å². The van der Waals surface area contributed by atoms with E-state index in [4.69, 9.17) is 37.5 Å². The van der Waals surface area contributed by atoms with Crippen LogP contribution in [0.15, 0.2) is 158 Å². The molecule has 9 nitrogen and oxygen atoms in total. The summed E-state index contributed by atoms with van der Waals surface area (Å²) in [5, 5.41) is 15.7. The molecule has 0 heterocycles. The Labute approximate surface area is 400 Å². The minimum atomic E-state index is -2.53. The van der Waals surface area contributed by atoms with Crippen molar-refractivity contribution in [3.8, 4) is 11.5 Å². The molecule has 0 aliphatic carbocycles. The van der Waals surface area contributed by atoms with Crippen LogP contribution in [0.25, 0.3) is 0 Å². The Bertz CT molecular complexity index is 2310. The maximum atomic E-state index is 10.6. The molecule has 0 bridgehead atoms. The van der Waals surface area contributed by atoms with Gasteiger partial charge in [0.15, 0.2) is 6.79 Å². The van der Waals surface area contributed by atoms with Gasteiger partial charge >= 0.3 is 12.3 Å². The van der Waals surface area contributed by atoms with Crippen molar-refractivity contribution in [1.82, 2.24) is 0 Å². The van der Waals surface area contributed by atoms with Crippen LogP contribution < -0.4 is 25.5 Å². The van der Waals surface area contributed by atoms with Gasteiger partial charge in [-0.25, -0.2) is 0 Å². The molecule has 0 spiro atoms. The summed E-state index contributed by atoms with van der Waals surface area (Å²) in [6.07, 6.45) is 3.74. The van der Waals surface area contributed by atoms with E-state index in [1.165, 1.54) is 31.9 Å². The largest absolute Gasteiger partial charge is 0.507 e. The van der Waals surface area contributed by atoms with Gasteiger partial charge in [0.1, 0.15) is 11.5 Å². The lowest BCUT2D eigenvalue weighted by Crippen LogP contribution is -2.66. The normalized spacial score (nSPS) is 11.2. The molecule has 67 heavy (non-hydrogen) atoms. The maximum Gasteiger partial charge on any atom is 0.373 e. The second-order valence-electron chi connectivity index (χ2n) is 17.8. The van der Waals surface area contributed by atoms with E-state index in [1.54, 1.807) is 7.11 Å². The summed E-state index contributed by atoms with van der Waals surface area (Å²) in [5.74, 6) is 1.35. The third kappa shape index (κ3) is 14.5. The van der Waals surface area contributed by atoms with Gasteiger partial charge in [0.05, 0.1) is 0 Å². The molecular formula is C56H68O9Si2. The summed E-state index contributed by atoms with van der Waals surface area (Å²) in [4.78, 5) is 32.5. The van der Waals surface area contributed by atoms with Crippen LogP contribution >= 0.6 is 0 Å². The highest BCUT2D eigenvalue weighted by molar-refractivity contribution is 7.00. The highest BCUT2D eigenvalue weighted by Crippen LogP contribution is 2.38. The van der Waals surface area contributed by atoms with Crippen LogP contribution in [0.1, 0.15) is 77.6 Å². The molecule has 354 valence electrons. The van der Waals surface area contributed by atoms with Gasteiger partial charge in [-0.05, 0) is 78.8 Å². The lowest BCUT2D eigenvalue weighted by Gasteiger charge is -2.43. The number of hydrogen-bond donors (Lipinski definition) is 1. The number of carbonyl (C=O) groups excluding carboxylic acids is 4. The smallest absolute Gasteiger partial charge is 0.373 e. The molecule has 0 fully saturated rings. The van der Waals surface area contributed by atoms with Gasteiger partial charge in [-0.1, -0.05) is 213 Å². The van der Waals surface area contributed by atoms with Crippen LogP contribution in [0, 0.1) is 0 Å². The van der Waals surface area contributed by atoms with Gasteiger partial charge in [-0.3, -0.25) is 0 Å². The second-order valence-corrected chi connectivity index (χ2v) is 26.4. The Morgan fingerprint density at radius 1 is 0.463 bits per heavy atom. The van der Waals surface area contributed by atoms with Gasteiger partial charge in [-0.15, -0.1) is 0 Å². The standard InChI is InChI=1S/C28H36O3Si.C26H32O2Si.2CO2/c1-6-23-14-13-15-24(27(23)30-22-29-5)20-21-31-32(28(2,3)4,25-16-9-7-10-17-25)26-18-11-8-12-19-26;1-5-21-13-12-14-22(25(21)27)19-20-28-29(26(2,3)4,23-15-8-6-9-16-23)24-17-10-7-11-18-24;2*2-1-3/h7-19H,6,20-22H2,1-5H3;6-18,27H,5,19-20H2,1-4H3;;. The Hall–Kier alpha value is -6.01. The first kappa shape index (κ1) is 55.3. The summed E-state index contributed by atoms with van der Waals surface area (Å²) in [5.41, 5.74) is 4.32. The molecule has 0 saturated carbocycles. The first-order valence-electron chi connectivity index (χ1n) is 22.7. The van der Waals surface area contributed by atoms with Crippen molar-refractivity contribution < 1.29 is 42.6 Å². The number of benzene rings is 6. The summed E-state index contributed by atoms with van der Waals surface area (Å²) in [6.45, 7) is 19.5. The van der Waals surface area contributed by atoms with Crippen LogP contribution in [0.5, 0.6) is 11.5 Å². The van der Waals surface area contributed by atoms with E-state index in [0.29, 0.717) is 25.4 Å². The number of hydrogen-bond acceptors (Lipinski definition) is 9. The fourth-order valence-electron chi connectivity index (χ4n) is 8.70. The highest BCUT2D eigenvalue weighted by atomic mass is 28.4. The molecule has 0 aliphatic heterocycles. The number of phenolic OH excluding ortho intramolecular Hbond substituents is 1. The summed E-state index contributed by atoms with van der Waals surface area (Å²) in [6, 6.07) is 55.3. The number of para-hydroxylation sites is 2. The predicted octanol–water partition coefficient (Wildman–Crippen LogP) is 9.26. The number of aryl methyl sites for hydroxylation is 2. The fourth-order valence-corrected chi connectivity index (χ4v) is 17.8. The average molecular weight is 941 g/mol. The van der Waals surface area contributed by atoms with Crippen LogP contribution in [-0.2, 0) is 58.5 Å². The molecule has 1 N–H and O–H groups in total. The first-order valence-corrected chi connectivity index (χ1v) is 26.5. The molecule has 11 heteroatoms. The van der Waals surface area contributed by atoms with Crippen molar-refractivity contribution in [3.05, 3.63) is 180 Å². The lowest BCUT2D eigenvalue weighted by atomic mass is 10.0. The summed E-state index contributed by atoms with van der Waals surface area (Å²) < 4.78 is 25.1. The third-order valence-electron chi connectivity index (χ3n) is 11.7. The number of ether oxygens (including phenoxy) is 2. The van der Waals surface area contributed by atoms with Crippen molar-refractivity contribution in [2.24, 2.45) is 0 Å². The molecule has 0 amide bonds. The molecule has 0 saturated heterocycles. The second kappa shape index (κ2) is 27.6. The first-order chi connectivity index (χ1) is 32.2. The molecule has 6 aromatic rings. The minimum Gasteiger partial charge on any atom is -0.507 e. The van der Waals surface area contributed by atoms with Crippen molar-refractivity contribution >= 4 is 49.7 Å². The monoisotopic (exact) mass is 940 g/mol. The van der Waals surface area contributed by atoms with Crippen LogP contribution in [0.4, 0.5) is 0 Å². The van der Waals surface area contributed by atoms with Crippen molar-refractivity contribution in [2.45, 2.75) is 91.1 Å². The molecule has 6 rings (SSSR count). The van der Waals surface area contributed by atoms with E-state index in [2.05, 4.69) is 195 Å². The van der Waals surface area contributed by atoms with Crippen LogP contribution in [0.3, 0.4) is 0 Å². The van der Waals surface area contributed by atoms with Gasteiger partial charge in [0.25, 0.3) is 16.6 Å². The molecular weight excluding hydrogens is 873 g/mol. The van der Waals surface area contributed by atoms with Gasteiger partial charge < -0.3 is 23.4 Å². The SMILES string of the molecule is CCc1cccc(CCO[Si](c2ccccc2)(c2ccccc2)C(C)(C)C)c1O.CCc1cccc(CCO[Si](c2ccccc2)(c2ccccc2)C(C)(C)C)c1OCOC.O=C=O.O=C=O. The van der Waals surface area contributed by atoms with E-state index in [1.807, 2.05) is 18.2 Å². The summed E-state index contributed by atoms with van der Waals surface area (Å²) in [7, 11) is -3.40. The number of rotatable bonds is 17. The molecule has 0 radical (unpaired) electrons. The number of methoxy groups -OCH3 is 1. The Morgan fingerprint density at radius 2 is 0.776 bits per heavy atom. The highest BCUT2D eigenvalue weighted by Gasteiger charge is 2.51. The van der Waals surface area contributed by atoms with Gasteiger partial charge in [0, 0.05) is 20.3 Å². The van der Waals surface area contributed by atoms with Crippen molar-refractivity contribution in [3.63, 3.8) is 0 Å². The number of phenols is 1. The topological polar surface area (TPSA) is 125 Å². The van der Waals surface area contributed by atoms with E-state index in [0.717, 1.165) is 36.1 Å². The third-order valence-corrected chi connectivity index (χ3v) is 21.8. The number of aromatic hydroxyl groups is 1. The van der Waals surface area contributed by atoms with Gasteiger partial charge in [-0.2, -0.15) is 19.2 Å². The molecule has 0 aromatic heterocycles. The van der Waals surface area contributed by atoms with Gasteiger partial charge in [0.2, 0.25) is 0 Å².